The van der Waals surface area contributed by atoms with Crippen molar-refractivity contribution in [2.75, 3.05) is 6.54 Å². The number of hydrogen-bond acceptors (Lipinski definition) is 3. The van der Waals surface area contributed by atoms with Crippen LogP contribution in [-0.4, -0.2) is 29.4 Å². The lowest BCUT2D eigenvalue weighted by Gasteiger charge is -2.05. The first-order chi connectivity index (χ1) is 6.52. The molecule has 4 nitrogen and oxygen atoms in total. The van der Waals surface area contributed by atoms with Gasteiger partial charge in [-0.2, -0.15) is 0 Å². The first-order valence-corrected chi connectivity index (χ1v) is 4.96. The minimum absolute atomic E-state index is 0.0316. The quantitative estimate of drug-likeness (QED) is 0.594. The lowest BCUT2D eigenvalue weighted by atomic mass is 10.2. The van der Waals surface area contributed by atoms with Gasteiger partial charge in [-0.1, -0.05) is 0 Å². The van der Waals surface area contributed by atoms with Crippen molar-refractivity contribution in [1.82, 2.24) is 5.32 Å². The van der Waals surface area contributed by atoms with E-state index in [1.54, 1.807) is 6.92 Å². The van der Waals surface area contributed by atoms with Gasteiger partial charge in [0.2, 0.25) is 5.91 Å². The largest absolute Gasteiger partial charge is 0.393 e. The summed E-state index contributed by atoms with van der Waals surface area (Å²) in [6.07, 6.45) is 1.71. The van der Waals surface area contributed by atoms with E-state index in [2.05, 4.69) is 5.32 Å². The van der Waals surface area contributed by atoms with Crippen molar-refractivity contribution in [2.45, 2.75) is 45.6 Å². The molecule has 2 N–H and O–H groups in total. The minimum Gasteiger partial charge on any atom is -0.393 e. The molecule has 0 bridgehead atoms. The van der Waals surface area contributed by atoms with Gasteiger partial charge < -0.3 is 15.2 Å². The van der Waals surface area contributed by atoms with Crippen LogP contribution in [0.5, 0.6) is 0 Å². The lowest BCUT2D eigenvalue weighted by molar-refractivity contribution is -0.124. The summed E-state index contributed by atoms with van der Waals surface area (Å²) < 4.78 is 0. The smallest absolute Gasteiger partial charge is 0.220 e. The topological polar surface area (TPSA) is 66.4 Å². The number of rotatable bonds is 7. The van der Waals surface area contributed by atoms with Crippen LogP contribution in [0.1, 0.15) is 39.5 Å². The molecule has 0 aromatic carbocycles. The molecule has 0 fully saturated rings. The van der Waals surface area contributed by atoms with Gasteiger partial charge >= 0.3 is 0 Å². The fourth-order valence-corrected chi connectivity index (χ4v) is 1.00. The summed E-state index contributed by atoms with van der Waals surface area (Å²) in [6, 6.07) is 0. The summed E-state index contributed by atoms with van der Waals surface area (Å²) in [4.78, 5) is 21.6. The van der Waals surface area contributed by atoms with E-state index in [0.717, 1.165) is 6.42 Å². The standard InChI is InChI=1S/C10H19NO3/c1-8(12)4-3-7-11-10(14)6-5-9(2)13/h8,12H,3-7H2,1-2H3,(H,11,14). The van der Waals surface area contributed by atoms with E-state index in [1.165, 1.54) is 6.92 Å². The van der Waals surface area contributed by atoms with E-state index < -0.39 is 0 Å². The normalized spacial score (nSPS) is 12.2. The number of carbonyl (C=O) groups is 2. The summed E-state index contributed by atoms with van der Waals surface area (Å²) in [7, 11) is 0. The van der Waals surface area contributed by atoms with E-state index in [9.17, 15) is 9.59 Å². The van der Waals surface area contributed by atoms with Crippen LogP contribution >= 0.6 is 0 Å². The second kappa shape index (κ2) is 7.50. The highest BCUT2D eigenvalue weighted by Gasteiger charge is 2.02. The Morgan fingerprint density at radius 1 is 1.36 bits per heavy atom. The zero-order valence-corrected chi connectivity index (χ0v) is 8.88. The van der Waals surface area contributed by atoms with Crippen molar-refractivity contribution in [2.24, 2.45) is 0 Å². The number of amides is 1. The van der Waals surface area contributed by atoms with Crippen LogP contribution in [0.25, 0.3) is 0 Å². The fourth-order valence-electron chi connectivity index (χ4n) is 1.00. The molecule has 0 radical (unpaired) electrons. The van der Waals surface area contributed by atoms with Crippen molar-refractivity contribution in [1.29, 1.82) is 0 Å². The number of ketones is 1. The zero-order chi connectivity index (χ0) is 11.0. The molecule has 0 heterocycles. The Labute approximate surface area is 84.7 Å². The van der Waals surface area contributed by atoms with Gasteiger partial charge in [0.25, 0.3) is 0 Å². The number of nitrogens with one attached hydrogen (secondary N) is 1. The van der Waals surface area contributed by atoms with Crippen molar-refractivity contribution in [3.63, 3.8) is 0 Å². The van der Waals surface area contributed by atoms with Gasteiger partial charge in [-0.25, -0.2) is 0 Å². The van der Waals surface area contributed by atoms with Crippen molar-refractivity contribution in [3.05, 3.63) is 0 Å². The molecule has 14 heavy (non-hydrogen) atoms. The number of aliphatic hydroxyl groups excluding tert-OH is 1. The number of hydrogen-bond donors (Lipinski definition) is 2. The van der Waals surface area contributed by atoms with Gasteiger partial charge in [0.15, 0.2) is 0 Å². The Morgan fingerprint density at radius 2 is 2.00 bits per heavy atom. The van der Waals surface area contributed by atoms with Gasteiger partial charge in [0.05, 0.1) is 6.10 Å². The third kappa shape index (κ3) is 9.19. The van der Waals surface area contributed by atoms with Gasteiger partial charge in [0.1, 0.15) is 5.78 Å². The monoisotopic (exact) mass is 201 g/mol. The third-order valence-corrected chi connectivity index (χ3v) is 1.82. The van der Waals surface area contributed by atoms with E-state index in [4.69, 9.17) is 5.11 Å². The second-order valence-electron chi connectivity index (χ2n) is 3.54. The maximum absolute atomic E-state index is 11.1. The molecule has 0 aliphatic rings. The van der Waals surface area contributed by atoms with E-state index in [1.807, 2.05) is 0 Å². The molecule has 0 rings (SSSR count). The molecule has 1 unspecified atom stereocenters. The van der Waals surface area contributed by atoms with Crippen LogP contribution in [-0.2, 0) is 9.59 Å². The summed E-state index contributed by atoms with van der Waals surface area (Å²) in [5.74, 6) is -0.0603. The minimum atomic E-state index is -0.316. The summed E-state index contributed by atoms with van der Waals surface area (Å²) in [5.41, 5.74) is 0. The van der Waals surface area contributed by atoms with Crippen LogP contribution in [0.3, 0.4) is 0 Å². The van der Waals surface area contributed by atoms with Crippen molar-refractivity contribution in [3.8, 4) is 0 Å². The van der Waals surface area contributed by atoms with E-state index in [-0.39, 0.29) is 24.2 Å². The molecule has 1 amide bonds. The highest BCUT2D eigenvalue weighted by atomic mass is 16.3. The Bertz CT molecular complexity index is 190. The maximum atomic E-state index is 11.1. The predicted molar refractivity (Wildman–Crippen MR) is 53.8 cm³/mol. The summed E-state index contributed by atoms with van der Waals surface area (Å²) >= 11 is 0. The van der Waals surface area contributed by atoms with E-state index >= 15 is 0 Å². The Hall–Kier alpha value is -0.900. The lowest BCUT2D eigenvalue weighted by Crippen LogP contribution is -2.25. The molecule has 0 aliphatic carbocycles. The SMILES string of the molecule is CC(=O)CCC(=O)NCCCC(C)O. The molecular formula is C10H19NO3. The van der Waals surface area contributed by atoms with Gasteiger partial charge in [0, 0.05) is 19.4 Å². The molecule has 0 saturated carbocycles. The summed E-state index contributed by atoms with van der Waals surface area (Å²) in [6.45, 7) is 3.76. The van der Waals surface area contributed by atoms with Gasteiger partial charge in [-0.3, -0.25) is 4.79 Å². The van der Waals surface area contributed by atoms with Crippen molar-refractivity contribution < 1.29 is 14.7 Å². The van der Waals surface area contributed by atoms with Crippen LogP contribution in [0, 0.1) is 0 Å². The van der Waals surface area contributed by atoms with E-state index in [0.29, 0.717) is 19.4 Å². The zero-order valence-electron chi connectivity index (χ0n) is 8.88. The fraction of sp³-hybridized carbons (Fsp3) is 0.800. The molecule has 82 valence electrons. The highest BCUT2D eigenvalue weighted by molar-refractivity contribution is 5.83. The first kappa shape index (κ1) is 13.1. The average Bonchev–Trinajstić information content (AvgIpc) is 2.08. The molecule has 0 aromatic heterocycles. The molecule has 0 spiro atoms. The Kier molecular flexibility index (Phi) is 7.02. The first-order valence-electron chi connectivity index (χ1n) is 4.96. The van der Waals surface area contributed by atoms with Crippen LogP contribution < -0.4 is 5.32 Å². The molecular weight excluding hydrogens is 182 g/mol. The Morgan fingerprint density at radius 3 is 2.50 bits per heavy atom. The summed E-state index contributed by atoms with van der Waals surface area (Å²) in [5, 5.41) is 11.6. The molecule has 4 heteroatoms. The molecule has 1 atom stereocenters. The van der Waals surface area contributed by atoms with Crippen molar-refractivity contribution >= 4 is 11.7 Å². The van der Waals surface area contributed by atoms with Crippen LogP contribution in [0.2, 0.25) is 0 Å². The van der Waals surface area contributed by atoms with Gasteiger partial charge in [-0.15, -0.1) is 0 Å². The predicted octanol–water partition coefficient (Wildman–Crippen LogP) is 0.633. The third-order valence-electron chi connectivity index (χ3n) is 1.82. The number of carbonyl (C=O) groups excluding carboxylic acids is 2. The van der Waals surface area contributed by atoms with Crippen LogP contribution in [0.15, 0.2) is 0 Å². The highest BCUT2D eigenvalue weighted by Crippen LogP contribution is 1.94. The average molecular weight is 201 g/mol. The molecule has 0 aromatic rings. The molecule has 0 saturated heterocycles. The number of aliphatic hydroxyl groups is 1. The Balaban J connectivity index is 3.31. The number of Topliss-reactive ketones (excluding diaryl/α,β-unsaturated/α-hetero) is 1. The maximum Gasteiger partial charge on any atom is 0.220 e. The van der Waals surface area contributed by atoms with Crippen LogP contribution in [0.4, 0.5) is 0 Å². The molecule has 0 aliphatic heterocycles. The van der Waals surface area contributed by atoms with Gasteiger partial charge in [-0.05, 0) is 26.7 Å². The second-order valence-corrected chi connectivity index (χ2v) is 3.54.